The van der Waals surface area contributed by atoms with E-state index in [0.717, 1.165) is 12.0 Å². The Kier molecular flexibility index (Phi) is 6.82. The summed E-state index contributed by atoms with van der Waals surface area (Å²) in [4.78, 5) is 13.4. The molecule has 112 valence electrons. The Hall–Kier alpha value is -1.26. The molecule has 5 heteroatoms. The van der Waals surface area contributed by atoms with Crippen LogP contribution in [-0.4, -0.2) is 37.0 Å². The summed E-state index contributed by atoms with van der Waals surface area (Å²) in [6.45, 7) is 4.59. The zero-order valence-electron chi connectivity index (χ0n) is 12.4. The number of para-hydroxylation sites is 1. The van der Waals surface area contributed by atoms with E-state index in [4.69, 9.17) is 22.1 Å². The normalized spacial score (nSPS) is 12.1. The fourth-order valence-electron chi connectivity index (χ4n) is 1.72. The van der Waals surface area contributed by atoms with Crippen molar-refractivity contribution in [2.75, 3.05) is 20.2 Å². The molecule has 4 nitrogen and oxygen atoms in total. The fourth-order valence-corrected chi connectivity index (χ4v) is 1.97. The predicted molar refractivity (Wildman–Crippen MR) is 82.2 cm³/mol. The molecule has 1 aromatic carbocycles. The van der Waals surface area contributed by atoms with E-state index < -0.39 is 0 Å². The van der Waals surface area contributed by atoms with Gasteiger partial charge in [0.05, 0.1) is 5.02 Å². The van der Waals surface area contributed by atoms with Crippen molar-refractivity contribution < 1.29 is 9.53 Å². The third-order valence-corrected chi connectivity index (χ3v) is 3.59. The molecule has 0 aliphatic carbocycles. The van der Waals surface area contributed by atoms with Crippen molar-refractivity contribution >= 4 is 17.5 Å². The van der Waals surface area contributed by atoms with Crippen LogP contribution in [0.5, 0.6) is 5.75 Å². The number of likely N-dealkylation sites (N-methyl/N-ethyl adjacent to an activating group) is 1. The van der Waals surface area contributed by atoms with Crippen LogP contribution in [0, 0.1) is 0 Å². The van der Waals surface area contributed by atoms with Gasteiger partial charge in [-0.2, -0.15) is 0 Å². The fraction of sp³-hybridized carbons (Fsp3) is 0.533. The van der Waals surface area contributed by atoms with E-state index in [2.05, 4.69) is 0 Å². The van der Waals surface area contributed by atoms with Crippen LogP contribution in [0.3, 0.4) is 0 Å². The molecule has 0 heterocycles. The zero-order chi connectivity index (χ0) is 15.1. The first kappa shape index (κ1) is 16.8. The number of carbonyl (C=O) groups is 1. The first-order chi connectivity index (χ1) is 9.49. The highest BCUT2D eigenvalue weighted by Gasteiger charge is 2.14. The summed E-state index contributed by atoms with van der Waals surface area (Å²) in [5, 5.41) is 0.512. The second-order valence-electron chi connectivity index (χ2n) is 4.80. The maximum Gasteiger partial charge on any atom is 0.260 e. The number of benzene rings is 1. The maximum atomic E-state index is 11.8. The highest BCUT2D eigenvalue weighted by atomic mass is 35.5. The Labute approximate surface area is 125 Å². The molecule has 0 aromatic heterocycles. The van der Waals surface area contributed by atoms with Crippen molar-refractivity contribution in [3.8, 4) is 5.75 Å². The minimum Gasteiger partial charge on any atom is -0.482 e. The quantitative estimate of drug-likeness (QED) is 0.841. The summed E-state index contributed by atoms with van der Waals surface area (Å²) in [5.74, 6) is 0.495. The van der Waals surface area contributed by atoms with Gasteiger partial charge in [-0.25, -0.2) is 0 Å². The number of carbonyl (C=O) groups excluding carboxylic acids is 1. The molecule has 1 aromatic rings. The zero-order valence-corrected chi connectivity index (χ0v) is 13.1. The molecular formula is C15H23ClN2O2. The average Bonchev–Trinajstić information content (AvgIpc) is 2.45. The van der Waals surface area contributed by atoms with Gasteiger partial charge in [-0.1, -0.05) is 30.7 Å². The largest absolute Gasteiger partial charge is 0.482 e. The van der Waals surface area contributed by atoms with Gasteiger partial charge in [0.15, 0.2) is 6.61 Å². The van der Waals surface area contributed by atoms with E-state index in [0.29, 0.717) is 23.7 Å². The van der Waals surface area contributed by atoms with Crippen LogP contribution in [0.2, 0.25) is 5.02 Å². The van der Waals surface area contributed by atoms with Gasteiger partial charge in [0.2, 0.25) is 0 Å². The first-order valence-electron chi connectivity index (χ1n) is 6.89. The number of amides is 1. The number of rotatable bonds is 7. The topological polar surface area (TPSA) is 55.6 Å². The minimum absolute atomic E-state index is 0.0115. The number of ether oxygens (including phenoxy) is 1. The Morgan fingerprint density at radius 2 is 2.15 bits per heavy atom. The van der Waals surface area contributed by atoms with Gasteiger partial charge in [-0.3, -0.25) is 4.79 Å². The first-order valence-corrected chi connectivity index (χ1v) is 7.27. The van der Waals surface area contributed by atoms with E-state index in [1.807, 2.05) is 26.0 Å². The number of hydrogen-bond donors (Lipinski definition) is 1. The molecule has 20 heavy (non-hydrogen) atoms. The summed E-state index contributed by atoms with van der Waals surface area (Å²) >= 11 is 6.16. The summed E-state index contributed by atoms with van der Waals surface area (Å²) in [7, 11) is 1.74. The van der Waals surface area contributed by atoms with Gasteiger partial charge in [0.1, 0.15) is 5.75 Å². The van der Waals surface area contributed by atoms with Crippen LogP contribution >= 0.6 is 11.6 Å². The highest BCUT2D eigenvalue weighted by molar-refractivity contribution is 6.32. The molecule has 0 saturated heterocycles. The average molecular weight is 299 g/mol. The van der Waals surface area contributed by atoms with Crippen LogP contribution in [0.1, 0.15) is 25.8 Å². The molecule has 0 spiro atoms. The van der Waals surface area contributed by atoms with Crippen molar-refractivity contribution in [2.24, 2.45) is 5.73 Å². The molecule has 1 amide bonds. The molecular weight excluding hydrogens is 276 g/mol. The molecule has 0 bridgehead atoms. The maximum absolute atomic E-state index is 11.8. The van der Waals surface area contributed by atoms with Crippen molar-refractivity contribution in [3.05, 3.63) is 28.8 Å². The standard InChI is InChI=1S/C15H23ClN2O2/c1-4-12(17)9-11-7-6-8-13(16)15(11)20-10-14(19)18(3)5-2/h6-8,12H,4-5,9-10,17H2,1-3H3. The summed E-state index contributed by atoms with van der Waals surface area (Å²) in [6, 6.07) is 5.62. The second kappa shape index (κ2) is 8.12. The van der Waals surface area contributed by atoms with Crippen LogP contribution in [0.25, 0.3) is 0 Å². The lowest BCUT2D eigenvalue weighted by Crippen LogP contribution is -2.31. The second-order valence-corrected chi connectivity index (χ2v) is 5.20. The van der Waals surface area contributed by atoms with E-state index in [1.165, 1.54) is 0 Å². The Bertz CT molecular complexity index is 451. The van der Waals surface area contributed by atoms with E-state index in [9.17, 15) is 4.79 Å². The molecule has 2 N–H and O–H groups in total. The highest BCUT2D eigenvalue weighted by Crippen LogP contribution is 2.29. The van der Waals surface area contributed by atoms with Crippen LogP contribution in [0.4, 0.5) is 0 Å². The molecule has 0 radical (unpaired) electrons. The minimum atomic E-state index is -0.0711. The van der Waals surface area contributed by atoms with Gasteiger partial charge in [-0.15, -0.1) is 0 Å². The van der Waals surface area contributed by atoms with E-state index in [1.54, 1.807) is 18.0 Å². The van der Waals surface area contributed by atoms with Gasteiger partial charge < -0.3 is 15.4 Å². The Balaban J connectivity index is 2.80. The lowest BCUT2D eigenvalue weighted by atomic mass is 10.0. The van der Waals surface area contributed by atoms with Crippen molar-refractivity contribution in [2.45, 2.75) is 32.7 Å². The van der Waals surface area contributed by atoms with Crippen molar-refractivity contribution in [3.63, 3.8) is 0 Å². The third-order valence-electron chi connectivity index (χ3n) is 3.30. The smallest absolute Gasteiger partial charge is 0.260 e. The van der Waals surface area contributed by atoms with Crippen molar-refractivity contribution in [1.82, 2.24) is 4.90 Å². The molecule has 1 atom stereocenters. The van der Waals surface area contributed by atoms with E-state index >= 15 is 0 Å². The molecule has 0 fully saturated rings. The molecule has 0 aliphatic rings. The SMILES string of the molecule is CCC(N)Cc1cccc(Cl)c1OCC(=O)N(C)CC. The monoisotopic (exact) mass is 298 g/mol. The summed E-state index contributed by atoms with van der Waals surface area (Å²) in [6.07, 6.45) is 1.56. The molecule has 1 rings (SSSR count). The Morgan fingerprint density at radius 1 is 1.45 bits per heavy atom. The number of nitrogens with zero attached hydrogens (tertiary/aromatic N) is 1. The molecule has 1 unspecified atom stereocenters. The number of hydrogen-bond acceptors (Lipinski definition) is 3. The summed E-state index contributed by atoms with van der Waals surface area (Å²) in [5.41, 5.74) is 6.92. The van der Waals surface area contributed by atoms with Gasteiger partial charge >= 0.3 is 0 Å². The Morgan fingerprint density at radius 3 is 2.75 bits per heavy atom. The molecule has 0 saturated carbocycles. The lowest BCUT2D eigenvalue weighted by Gasteiger charge is -2.18. The molecule has 0 aliphatic heterocycles. The van der Waals surface area contributed by atoms with E-state index in [-0.39, 0.29) is 18.6 Å². The van der Waals surface area contributed by atoms with Gasteiger partial charge in [-0.05, 0) is 31.4 Å². The van der Waals surface area contributed by atoms with Crippen LogP contribution in [-0.2, 0) is 11.2 Å². The number of nitrogens with two attached hydrogens (primary N) is 1. The van der Waals surface area contributed by atoms with Crippen LogP contribution in [0.15, 0.2) is 18.2 Å². The third kappa shape index (κ3) is 4.69. The van der Waals surface area contributed by atoms with Gasteiger partial charge in [0, 0.05) is 19.6 Å². The van der Waals surface area contributed by atoms with Crippen LogP contribution < -0.4 is 10.5 Å². The number of halogens is 1. The van der Waals surface area contributed by atoms with Crippen molar-refractivity contribution in [1.29, 1.82) is 0 Å². The summed E-state index contributed by atoms with van der Waals surface area (Å²) < 4.78 is 5.62. The van der Waals surface area contributed by atoms with Gasteiger partial charge in [0.25, 0.3) is 5.91 Å². The lowest BCUT2D eigenvalue weighted by molar-refractivity contribution is -0.131. The predicted octanol–water partition coefficient (Wildman–Crippen LogP) is 2.48.